The van der Waals surface area contributed by atoms with Gasteiger partial charge in [-0.2, -0.15) is 0 Å². The number of nitrogens with one attached hydrogen (secondary N) is 1. The van der Waals surface area contributed by atoms with Crippen LogP contribution in [0.1, 0.15) is 27.2 Å². The van der Waals surface area contributed by atoms with Gasteiger partial charge in [-0.15, -0.1) is 0 Å². The van der Waals surface area contributed by atoms with Gasteiger partial charge in [-0.1, -0.05) is 13.8 Å². The summed E-state index contributed by atoms with van der Waals surface area (Å²) < 4.78 is 10.3. The van der Waals surface area contributed by atoms with E-state index in [9.17, 15) is 4.79 Å². The summed E-state index contributed by atoms with van der Waals surface area (Å²) in [5.41, 5.74) is 7.44. The van der Waals surface area contributed by atoms with Gasteiger partial charge in [0.25, 0.3) is 0 Å². The number of carbonyl (C=O) groups is 1. The van der Waals surface area contributed by atoms with Gasteiger partial charge in [-0.25, -0.2) is 9.78 Å². The van der Waals surface area contributed by atoms with E-state index in [-0.39, 0.29) is 5.54 Å². The average Bonchev–Trinajstić information content (AvgIpc) is 2.59. The Morgan fingerprint density at radius 1 is 1.31 bits per heavy atom. The number of hydrogen-bond acceptors (Lipinski definition) is 6. The van der Waals surface area contributed by atoms with Crippen LogP contribution in [-0.2, 0) is 4.74 Å². The standard InChI is InChI=1S/C19H26N4O3/c1-13(2)10-19(3,20)12-26-15-5-6-16(22-11-15)14-7-8-21-17(9-14)23-18(24)25-4/h5-9,11,13H,10,12,20H2,1-4H3,(H,21,23,24). The van der Waals surface area contributed by atoms with E-state index in [1.54, 1.807) is 18.5 Å². The van der Waals surface area contributed by atoms with Gasteiger partial charge in [-0.05, 0) is 43.5 Å². The normalized spacial score (nSPS) is 13.2. The van der Waals surface area contributed by atoms with E-state index < -0.39 is 6.09 Å². The Labute approximate surface area is 153 Å². The molecule has 2 aromatic rings. The molecule has 0 spiro atoms. The predicted octanol–water partition coefficient (Wildman–Crippen LogP) is 3.46. The third kappa shape index (κ3) is 6.00. The van der Waals surface area contributed by atoms with Crippen LogP contribution in [0.3, 0.4) is 0 Å². The third-order valence-corrected chi connectivity index (χ3v) is 3.65. The highest BCUT2D eigenvalue weighted by molar-refractivity contribution is 5.84. The fraction of sp³-hybridized carbons (Fsp3) is 0.421. The first-order chi connectivity index (χ1) is 12.3. The molecule has 2 heterocycles. The number of ether oxygens (including phenoxy) is 2. The minimum atomic E-state index is -0.572. The number of amides is 1. The Balaban J connectivity index is 2.03. The second-order valence-corrected chi connectivity index (χ2v) is 6.97. The zero-order valence-corrected chi connectivity index (χ0v) is 15.7. The van der Waals surface area contributed by atoms with Gasteiger partial charge < -0.3 is 15.2 Å². The van der Waals surface area contributed by atoms with Crippen LogP contribution in [0.25, 0.3) is 11.3 Å². The summed E-state index contributed by atoms with van der Waals surface area (Å²) in [6, 6.07) is 7.23. The second-order valence-electron chi connectivity index (χ2n) is 6.97. The van der Waals surface area contributed by atoms with Crippen molar-refractivity contribution in [3.63, 3.8) is 0 Å². The molecule has 0 aliphatic carbocycles. The quantitative estimate of drug-likeness (QED) is 0.786. The molecule has 2 rings (SSSR count). The first-order valence-corrected chi connectivity index (χ1v) is 8.48. The topological polar surface area (TPSA) is 99.4 Å². The number of nitrogens with zero attached hydrogens (tertiary/aromatic N) is 2. The molecule has 0 aliphatic heterocycles. The van der Waals surface area contributed by atoms with Gasteiger partial charge in [0, 0.05) is 17.3 Å². The first kappa shape index (κ1) is 19.7. The molecule has 0 radical (unpaired) electrons. The summed E-state index contributed by atoms with van der Waals surface area (Å²) in [5.74, 6) is 1.56. The number of anilines is 1. The molecular formula is C19H26N4O3. The average molecular weight is 358 g/mol. The molecule has 1 unspecified atom stereocenters. The van der Waals surface area contributed by atoms with Crippen LogP contribution in [0.2, 0.25) is 0 Å². The zero-order chi connectivity index (χ0) is 19.2. The van der Waals surface area contributed by atoms with Gasteiger partial charge >= 0.3 is 6.09 Å². The van der Waals surface area contributed by atoms with Crippen molar-refractivity contribution < 1.29 is 14.3 Å². The molecule has 2 aromatic heterocycles. The molecule has 0 fully saturated rings. The maximum absolute atomic E-state index is 11.3. The van der Waals surface area contributed by atoms with Gasteiger partial charge in [0.1, 0.15) is 18.2 Å². The maximum atomic E-state index is 11.3. The van der Waals surface area contributed by atoms with Crippen molar-refractivity contribution in [3.8, 4) is 17.0 Å². The summed E-state index contributed by atoms with van der Waals surface area (Å²) in [5, 5.41) is 2.53. The van der Waals surface area contributed by atoms with Crippen LogP contribution in [0, 0.1) is 5.92 Å². The van der Waals surface area contributed by atoms with E-state index in [0.717, 1.165) is 17.7 Å². The molecule has 0 saturated carbocycles. The lowest BCUT2D eigenvalue weighted by molar-refractivity contribution is 0.187. The summed E-state index contributed by atoms with van der Waals surface area (Å²) in [4.78, 5) is 19.8. The fourth-order valence-corrected chi connectivity index (χ4v) is 2.69. The van der Waals surface area contributed by atoms with Crippen molar-refractivity contribution >= 4 is 11.9 Å². The van der Waals surface area contributed by atoms with Crippen LogP contribution in [0.5, 0.6) is 5.75 Å². The van der Waals surface area contributed by atoms with Crippen LogP contribution in [-0.4, -0.2) is 35.3 Å². The van der Waals surface area contributed by atoms with Crippen molar-refractivity contribution in [2.45, 2.75) is 32.7 Å². The van der Waals surface area contributed by atoms with E-state index in [1.807, 2.05) is 25.1 Å². The molecule has 3 N–H and O–H groups in total. The molecule has 0 bridgehead atoms. The summed E-state index contributed by atoms with van der Waals surface area (Å²) in [6.07, 6.45) is 3.57. The molecule has 0 aliphatic rings. The van der Waals surface area contributed by atoms with Crippen LogP contribution >= 0.6 is 0 Å². The lowest BCUT2D eigenvalue weighted by atomic mass is 9.93. The van der Waals surface area contributed by atoms with Crippen LogP contribution in [0.15, 0.2) is 36.7 Å². The Morgan fingerprint density at radius 2 is 2.08 bits per heavy atom. The highest BCUT2D eigenvalue weighted by atomic mass is 16.5. The molecule has 0 saturated heterocycles. The van der Waals surface area contributed by atoms with Crippen molar-refractivity contribution in [1.29, 1.82) is 0 Å². The number of hydrogen-bond donors (Lipinski definition) is 2. The molecule has 26 heavy (non-hydrogen) atoms. The Morgan fingerprint density at radius 3 is 2.69 bits per heavy atom. The largest absolute Gasteiger partial charge is 0.490 e. The lowest BCUT2D eigenvalue weighted by Gasteiger charge is -2.26. The van der Waals surface area contributed by atoms with Gasteiger partial charge in [-0.3, -0.25) is 10.3 Å². The Hall–Kier alpha value is -2.67. The molecule has 140 valence electrons. The second kappa shape index (κ2) is 8.62. The molecule has 1 atom stereocenters. The predicted molar refractivity (Wildman–Crippen MR) is 101 cm³/mol. The Kier molecular flexibility index (Phi) is 6.52. The van der Waals surface area contributed by atoms with E-state index >= 15 is 0 Å². The van der Waals surface area contributed by atoms with Crippen LogP contribution < -0.4 is 15.8 Å². The fourth-order valence-electron chi connectivity index (χ4n) is 2.69. The zero-order valence-electron chi connectivity index (χ0n) is 15.7. The number of rotatable bonds is 7. The maximum Gasteiger partial charge on any atom is 0.412 e. The number of nitrogens with two attached hydrogens (primary N) is 1. The minimum absolute atomic E-state index is 0.383. The first-order valence-electron chi connectivity index (χ1n) is 8.48. The van der Waals surface area contributed by atoms with Crippen molar-refractivity contribution in [3.05, 3.63) is 36.7 Å². The van der Waals surface area contributed by atoms with E-state index in [4.69, 9.17) is 10.5 Å². The van der Waals surface area contributed by atoms with E-state index in [1.165, 1.54) is 7.11 Å². The van der Waals surface area contributed by atoms with Gasteiger partial charge in [0.15, 0.2) is 0 Å². The smallest absolute Gasteiger partial charge is 0.412 e. The number of methoxy groups -OCH3 is 1. The molecule has 0 aromatic carbocycles. The SMILES string of the molecule is COC(=O)Nc1cc(-c2ccc(OCC(C)(N)CC(C)C)cn2)ccn1. The number of aromatic nitrogens is 2. The highest BCUT2D eigenvalue weighted by Gasteiger charge is 2.21. The highest BCUT2D eigenvalue weighted by Crippen LogP contribution is 2.22. The summed E-state index contributed by atoms with van der Waals surface area (Å²) in [6.45, 7) is 6.69. The van der Waals surface area contributed by atoms with Gasteiger partial charge in [0.2, 0.25) is 0 Å². The Bertz CT molecular complexity index is 730. The van der Waals surface area contributed by atoms with E-state index in [2.05, 4.69) is 33.9 Å². The van der Waals surface area contributed by atoms with Gasteiger partial charge in [0.05, 0.1) is 19.0 Å². The van der Waals surface area contributed by atoms with Crippen molar-refractivity contribution in [2.24, 2.45) is 11.7 Å². The minimum Gasteiger partial charge on any atom is -0.490 e. The van der Waals surface area contributed by atoms with Crippen LogP contribution in [0.4, 0.5) is 10.6 Å². The van der Waals surface area contributed by atoms with E-state index in [0.29, 0.717) is 24.1 Å². The number of pyridine rings is 2. The summed E-state index contributed by atoms with van der Waals surface area (Å²) in [7, 11) is 1.30. The monoisotopic (exact) mass is 358 g/mol. The summed E-state index contributed by atoms with van der Waals surface area (Å²) >= 11 is 0. The molecular weight excluding hydrogens is 332 g/mol. The molecule has 1 amide bonds. The molecule has 7 heteroatoms. The number of carbonyl (C=O) groups excluding carboxylic acids is 1. The van der Waals surface area contributed by atoms with Crippen molar-refractivity contribution in [2.75, 3.05) is 19.0 Å². The third-order valence-electron chi connectivity index (χ3n) is 3.65. The molecule has 7 nitrogen and oxygen atoms in total. The lowest BCUT2D eigenvalue weighted by Crippen LogP contribution is -2.43. The van der Waals surface area contributed by atoms with Crippen molar-refractivity contribution in [1.82, 2.24) is 9.97 Å².